The quantitative estimate of drug-likeness (QED) is 0.633. The van der Waals surface area contributed by atoms with Crippen LogP contribution in [0.3, 0.4) is 0 Å². The van der Waals surface area contributed by atoms with Crippen LogP contribution in [0, 0.1) is 17.0 Å². The number of carbonyl (C=O) groups excluding carboxylic acids is 1. The van der Waals surface area contributed by atoms with Gasteiger partial charge in [-0.15, -0.1) is 0 Å². The lowest BCUT2D eigenvalue weighted by molar-refractivity contribution is -0.385. The highest BCUT2D eigenvalue weighted by Crippen LogP contribution is 2.21. The largest absolute Gasteiger partial charge is 0.383 e. The van der Waals surface area contributed by atoms with Gasteiger partial charge in [0.15, 0.2) is 0 Å². The molecule has 0 saturated carbocycles. The third-order valence-electron chi connectivity index (χ3n) is 3.97. The normalized spacial score (nSPS) is 18.4. The molecule has 1 fully saturated rings. The van der Waals surface area contributed by atoms with E-state index >= 15 is 0 Å². The molecule has 1 amide bonds. The van der Waals surface area contributed by atoms with Gasteiger partial charge in [-0.2, -0.15) is 0 Å². The molecule has 1 aliphatic rings. The number of hydrogen-bond donors (Lipinski definition) is 1. The van der Waals surface area contributed by atoms with Crippen molar-refractivity contribution in [3.63, 3.8) is 0 Å². The number of nitro benzene ring substituents is 1. The van der Waals surface area contributed by atoms with Crippen molar-refractivity contribution in [2.75, 3.05) is 33.4 Å². The molecule has 1 saturated heterocycles. The van der Waals surface area contributed by atoms with Crippen LogP contribution in [0.5, 0.6) is 0 Å². The first kappa shape index (κ1) is 16.4. The summed E-state index contributed by atoms with van der Waals surface area (Å²) in [5.41, 5.74) is 0.740. The molecule has 1 aliphatic heterocycles. The zero-order valence-electron chi connectivity index (χ0n) is 12.9. The van der Waals surface area contributed by atoms with Crippen molar-refractivity contribution in [2.24, 2.45) is 0 Å². The summed E-state index contributed by atoms with van der Waals surface area (Å²) >= 11 is 0. The Morgan fingerprint density at radius 1 is 1.55 bits per heavy atom. The van der Waals surface area contributed by atoms with Crippen LogP contribution in [0.25, 0.3) is 0 Å². The molecule has 0 radical (unpaired) electrons. The Balaban J connectivity index is 1.99. The van der Waals surface area contributed by atoms with E-state index in [1.807, 2.05) is 0 Å². The minimum Gasteiger partial charge on any atom is -0.383 e. The van der Waals surface area contributed by atoms with E-state index in [1.165, 1.54) is 6.07 Å². The van der Waals surface area contributed by atoms with Crippen LogP contribution in [0.2, 0.25) is 0 Å². The van der Waals surface area contributed by atoms with Gasteiger partial charge in [0, 0.05) is 50.0 Å². The van der Waals surface area contributed by atoms with Crippen LogP contribution >= 0.6 is 0 Å². The van der Waals surface area contributed by atoms with E-state index in [1.54, 1.807) is 26.2 Å². The van der Waals surface area contributed by atoms with Gasteiger partial charge in [0.25, 0.3) is 11.6 Å². The van der Waals surface area contributed by atoms with E-state index in [4.69, 9.17) is 4.74 Å². The highest BCUT2D eigenvalue weighted by atomic mass is 16.6. The summed E-state index contributed by atoms with van der Waals surface area (Å²) < 4.78 is 5.05. The molecule has 1 atom stereocenters. The Hall–Kier alpha value is -1.99. The Kier molecular flexibility index (Phi) is 5.46. The van der Waals surface area contributed by atoms with Crippen molar-refractivity contribution < 1.29 is 14.5 Å². The predicted octanol–water partition coefficient (Wildman–Crippen LogP) is 1.35. The molecule has 1 unspecified atom stereocenters. The smallest absolute Gasteiger partial charge is 0.273 e. The molecule has 22 heavy (non-hydrogen) atoms. The Morgan fingerprint density at radius 2 is 2.32 bits per heavy atom. The molecule has 120 valence electrons. The van der Waals surface area contributed by atoms with E-state index in [9.17, 15) is 14.9 Å². The number of rotatable bonds is 6. The summed E-state index contributed by atoms with van der Waals surface area (Å²) in [6, 6.07) is 4.64. The maximum atomic E-state index is 12.3. The van der Waals surface area contributed by atoms with Crippen LogP contribution < -0.4 is 5.32 Å². The van der Waals surface area contributed by atoms with Crippen LogP contribution in [-0.4, -0.2) is 55.1 Å². The fourth-order valence-electron chi connectivity index (χ4n) is 2.70. The van der Waals surface area contributed by atoms with Crippen molar-refractivity contribution in [1.82, 2.24) is 10.2 Å². The van der Waals surface area contributed by atoms with Gasteiger partial charge in [0.05, 0.1) is 11.5 Å². The minimum absolute atomic E-state index is 0.0270. The zero-order valence-corrected chi connectivity index (χ0v) is 12.9. The van der Waals surface area contributed by atoms with Gasteiger partial charge in [0.2, 0.25) is 0 Å². The van der Waals surface area contributed by atoms with Gasteiger partial charge in [-0.3, -0.25) is 19.8 Å². The van der Waals surface area contributed by atoms with E-state index < -0.39 is 4.92 Å². The Labute approximate surface area is 129 Å². The molecule has 7 heteroatoms. The summed E-state index contributed by atoms with van der Waals surface area (Å²) in [5, 5.41) is 13.9. The first-order valence-corrected chi connectivity index (χ1v) is 7.29. The average molecular weight is 307 g/mol. The van der Waals surface area contributed by atoms with Crippen molar-refractivity contribution in [2.45, 2.75) is 19.4 Å². The second-order valence-corrected chi connectivity index (χ2v) is 5.46. The molecule has 0 spiro atoms. The lowest BCUT2D eigenvalue weighted by Gasteiger charge is -2.16. The zero-order chi connectivity index (χ0) is 16.1. The predicted molar refractivity (Wildman–Crippen MR) is 82.0 cm³/mol. The molecule has 1 aromatic carbocycles. The van der Waals surface area contributed by atoms with Crippen LogP contribution in [0.1, 0.15) is 22.3 Å². The molecule has 0 bridgehead atoms. The number of hydrogen-bond acceptors (Lipinski definition) is 5. The molecule has 1 N–H and O–H groups in total. The fourth-order valence-corrected chi connectivity index (χ4v) is 2.70. The van der Waals surface area contributed by atoms with Crippen LogP contribution in [0.4, 0.5) is 5.69 Å². The lowest BCUT2D eigenvalue weighted by Crippen LogP contribution is -2.37. The van der Waals surface area contributed by atoms with E-state index in [0.29, 0.717) is 17.7 Å². The number of amides is 1. The molecule has 0 aromatic heterocycles. The third kappa shape index (κ3) is 3.80. The highest BCUT2D eigenvalue weighted by Gasteiger charge is 2.25. The number of ether oxygens (including phenoxy) is 1. The van der Waals surface area contributed by atoms with Crippen molar-refractivity contribution in [3.8, 4) is 0 Å². The topological polar surface area (TPSA) is 84.7 Å². The Bertz CT molecular complexity index is 562. The molecule has 1 heterocycles. The summed E-state index contributed by atoms with van der Waals surface area (Å²) in [6.07, 6.45) is 0.878. The second kappa shape index (κ2) is 7.33. The van der Waals surface area contributed by atoms with Crippen molar-refractivity contribution in [3.05, 3.63) is 39.4 Å². The third-order valence-corrected chi connectivity index (χ3v) is 3.97. The van der Waals surface area contributed by atoms with Crippen molar-refractivity contribution in [1.29, 1.82) is 0 Å². The van der Waals surface area contributed by atoms with Gasteiger partial charge >= 0.3 is 0 Å². The number of nitro groups is 1. The van der Waals surface area contributed by atoms with Crippen molar-refractivity contribution >= 4 is 11.6 Å². The number of methoxy groups -OCH3 is 1. The van der Waals surface area contributed by atoms with Crippen LogP contribution in [-0.2, 0) is 4.74 Å². The SMILES string of the molecule is COCCN1CCC(NC(=O)c2cccc([N+](=O)[O-])c2C)C1. The first-order chi connectivity index (χ1) is 10.5. The van der Waals surface area contributed by atoms with E-state index in [2.05, 4.69) is 10.2 Å². The number of nitrogens with zero attached hydrogens (tertiary/aromatic N) is 2. The lowest BCUT2D eigenvalue weighted by atomic mass is 10.1. The molecular weight excluding hydrogens is 286 g/mol. The van der Waals surface area contributed by atoms with Gasteiger partial charge in [-0.1, -0.05) is 6.07 Å². The number of likely N-dealkylation sites (tertiary alicyclic amines) is 1. The van der Waals surface area contributed by atoms with E-state index in [0.717, 1.165) is 26.1 Å². The monoisotopic (exact) mass is 307 g/mol. The number of benzene rings is 1. The highest BCUT2D eigenvalue weighted by molar-refractivity contribution is 5.96. The standard InChI is InChI=1S/C15H21N3O4/c1-11-13(4-3-5-14(11)18(20)21)15(19)16-12-6-7-17(10-12)8-9-22-2/h3-5,12H,6-10H2,1-2H3,(H,16,19). The van der Waals surface area contributed by atoms with E-state index in [-0.39, 0.29) is 17.6 Å². The summed E-state index contributed by atoms with van der Waals surface area (Å²) in [6.45, 7) is 4.82. The number of nitrogens with one attached hydrogen (secondary N) is 1. The van der Waals surface area contributed by atoms with Gasteiger partial charge in [-0.05, 0) is 19.4 Å². The maximum absolute atomic E-state index is 12.3. The molecule has 7 nitrogen and oxygen atoms in total. The number of carbonyl (C=O) groups is 1. The minimum atomic E-state index is -0.464. The summed E-state index contributed by atoms with van der Waals surface area (Å²) in [4.78, 5) is 25.0. The summed E-state index contributed by atoms with van der Waals surface area (Å²) in [7, 11) is 1.67. The molecule has 0 aliphatic carbocycles. The average Bonchev–Trinajstić information content (AvgIpc) is 2.92. The van der Waals surface area contributed by atoms with Gasteiger partial charge < -0.3 is 10.1 Å². The molecular formula is C15H21N3O4. The van der Waals surface area contributed by atoms with Gasteiger partial charge in [0.1, 0.15) is 0 Å². The fraction of sp³-hybridized carbons (Fsp3) is 0.533. The van der Waals surface area contributed by atoms with Gasteiger partial charge in [-0.25, -0.2) is 0 Å². The molecule has 2 rings (SSSR count). The second-order valence-electron chi connectivity index (χ2n) is 5.46. The maximum Gasteiger partial charge on any atom is 0.273 e. The molecule has 1 aromatic rings. The Morgan fingerprint density at radius 3 is 3.00 bits per heavy atom. The first-order valence-electron chi connectivity index (χ1n) is 7.29. The van der Waals surface area contributed by atoms with Crippen LogP contribution in [0.15, 0.2) is 18.2 Å². The summed E-state index contributed by atoms with van der Waals surface area (Å²) in [5.74, 6) is -0.250.